The predicted molar refractivity (Wildman–Crippen MR) is 90.6 cm³/mol. The fourth-order valence-corrected chi connectivity index (χ4v) is 2.20. The van der Waals surface area contributed by atoms with Crippen LogP contribution in [-0.2, 0) is 16.0 Å². The summed E-state index contributed by atoms with van der Waals surface area (Å²) in [4.78, 5) is 23.9. The average Bonchev–Trinajstić information content (AvgIpc) is 2.56. The standard InChI is InChI=1S/C19H21NO3/c1-4-15-8-10-16(11-9-15)20-18(21)12-23-19(22)17-7-5-6-13(2)14(17)3/h5-11H,4,12H2,1-3H3,(H,20,21). The average molecular weight is 311 g/mol. The summed E-state index contributed by atoms with van der Waals surface area (Å²) in [6, 6.07) is 13.0. The number of hydrogen-bond donors (Lipinski definition) is 1. The van der Waals surface area contributed by atoms with E-state index < -0.39 is 5.97 Å². The predicted octanol–water partition coefficient (Wildman–Crippen LogP) is 3.66. The van der Waals surface area contributed by atoms with E-state index in [1.807, 2.05) is 44.2 Å². The number of aryl methyl sites for hydroxylation is 2. The smallest absolute Gasteiger partial charge is 0.338 e. The van der Waals surface area contributed by atoms with Crippen LogP contribution >= 0.6 is 0 Å². The van der Waals surface area contributed by atoms with Gasteiger partial charge in [0.1, 0.15) is 0 Å². The molecule has 0 aliphatic heterocycles. The minimum absolute atomic E-state index is 0.304. The molecule has 4 nitrogen and oxygen atoms in total. The van der Waals surface area contributed by atoms with E-state index in [9.17, 15) is 9.59 Å². The third kappa shape index (κ3) is 4.42. The van der Waals surface area contributed by atoms with E-state index in [0.29, 0.717) is 11.3 Å². The van der Waals surface area contributed by atoms with Crippen LogP contribution in [-0.4, -0.2) is 18.5 Å². The summed E-state index contributed by atoms with van der Waals surface area (Å²) < 4.78 is 5.09. The van der Waals surface area contributed by atoms with E-state index in [4.69, 9.17) is 4.74 Å². The number of anilines is 1. The monoisotopic (exact) mass is 311 g/mol. The largest absolute Gasteiger partial charge is 0.452 e. The van der Waals surface area contributed by atoms with Gasteiger partial charge in [-0.05, 0) is 55.2 Å². The summed E-state index contributed by atoms with van der Waals surface area (Å²) in [7, 11) is 0. The summed E-state index contributed by atoms with van der Waals surface area (Å²) in [5.74, 6) is -0.837. The van der Waals surface area contributed by atoms with Crippen molar-refractivity contribution in [2.75, 3.05) is 11.9 Å². The van der Waals surface area contributed by atoms with Crippen molar-refractivity contribution in [3.05, 3.63) is 64.7 Å². The number of hydrogen-bond acceptors (Lipinski definition) is 3. The van der Waals surface area contributed by atoms with Crippen LogP contribution in [0.1, 0.15) is 34.0 Å². The molecule has 0 fully saturated rings. The molecule has 120 valence electrons. The van der Waals surface area contributed by atoms with Crippen molar-refractivity contribution >= 4 is 17.6 Å². The van der Waals surface area contributed by atoms with E-state index in [1.165, 1.54) is 5.56 Å². The lowest BCUT2D eigenvalue weighted by Crippen LogP contribution is -2.21. The molecule has 0 heterocycles. The summed E-state index contributed by atoms with van der Waals surface area (Å²) in [5.41, 5.74) is 4.26. The summed E-state index contributed by atoms with van der Waals surface area (Å²) in [6.45, 7) is 5.56. The Morgan fingerprint density at radius 1 is 1.04 bits per heavy atom. The Kier molecular flexibility index (Phi) is 5.52. The van der Waals surface area contributed by atoms with Crippen LogP contribution < -0.4 is 5.32 Å². The Morgan fingerprint density at radius 2 is 1.74 bits per heavy atom. The van der Waals surface area contributed by atoms with Crippen molar-refractivity contribution in [2.45, 2.75) is 27.2 Å². The Balaban J connectivity index is 1.90. The second-order valence-corrected chi connectivity index (χ2v) is 5.42. The molecule has 1 N–H and O–H groups in total. The van der Waals surface area contributed by atoms with Crippen LogP contribution in [0.25, 0.3) is 0 Å². The fraction of sp³-hybridized carbons (Fsp3) is 0.263. The molecule has 2 aromatic rings. The Bertz CT molecular complexity index is 705. The summed E-state index contributed by atoms with van der Waals surface area (Å²) >= 11 is 0. The molecular weight excluding hydrogens is 290 g/mol. The van der Waals surface area contributed by atoms with Gasteiger partial charge in [0.05, 0.1) is 5.56 Å². The van der Waals surface area contributed by atoms with E-state index in [-0.39, 0.29) is 12.5 Å². The van der Waals surface area contributed by atoms with Gasteiger partial charge < -0.3 is 10.1 Å². The zero-order valence-corrected chi connectivity index (χ0v) is 13.7. The van der Waals surface area contributed by atoms with Gasteiger partial charge in [0, 0.05) is 5.69 Å². The molecule has 0 atom stereocenters. The molecule has 0 aromatic heterocycles. The maximum atomic E-state index is 12.1. The fourth-order valence-electron chi connectivity index (χ4n) is 2.20. The molecule has 0 unspecified atom stereocenters. The van der Waals surface area contributed by atoms with E-state index >= 15 is 0 Å². The highest BCUT2D eigenvalue weighted by molar-refractivity contribution is 5.96. The van der Waals surface area contributed by atoms with Crippen LogP contribution in [0.4, 0.5) is 5.69 Å². The number of rotatable bonds is 5. The second kappa shape index (κ2) is 7.58. The molecule has 0 spiro atoms. The van der Waals surface area contributed by atoms with Gasteiger partial charge in [-0.1, -0.05) is 31.2 Å². The Labute approximate surface area is 136 Å². The zero-order valence-electron chi connectivity index (χ0n) is 13.7. The molecule has 2 rings (SSSR count). The van der Waals surface area contributed by atoms with Crippen molar-refractivity contribution in [1.82, 2.24) is 0 Å². The van der Waals surface area contributed by atoms with Gasteiger partial charge >= 0.3 is 5.97 Å². The maximum absolute atomic E-state index is 12.1. The molecule has 4 heteroatoms. The first-order valence-electron chi connectivity index (χ1n) is 7.63. The third-order valence-corrected chi connectivity index (χ3v) is 3.80. The van der Waals surface area contributed by atoms with Crippen molar-refractivity contribution in [1.29, 1.82) is 0 Å². The minimum Gasteiger partial charge on any atom is -0.452 e. The number of esters is 1. The molecule has 0 radical (unpaired) electrons. The van der Waals surface area contributed by atoms with Gasteiger partial charge in [-0.15, -0.1) is 0 Å². The Hall–Kier alpha value is -2.62. The third-order valence-electron chi connectivity index (χ3n) is 3.80. The quantitative estimate of drug-likeness (QED) is 0.857. The topological polar surface area (TPSA) is 55.4 Å². The minimum atomic E-state index is -0.484. The highest BCUT2D eigenvalue weighted by Crippen LogP contribution is 2.14. The molecule has 0 aliphatic carbocycles. The zero-order chi connectivity index (χ0) is 16.8. The molecule has 2 aromatic carbocycles. The van der Waals surface area contributed by atoms with Gasteiger partial charge in [0.25, 0.3) is 5.91 Å². The highest BCUT2D eigenvalue weighted by Gasteiger charge is 2.13. The lowest BCUT2D eigenvalue weighted by molar-refractivity contribution is -0.119. The molecule has 0 saturated heterocycles. The van der Waals surface area contributed by atoms with Gasteiger partial charge in [-0.25, -0.2) is 4.79 Å². The van der Waals surface area contributed by atoms with Crippen molar-refractivity contribution < 1.29 is 14.3 Å². The van der Waals surface area contributed by atoms with E-state index in [1.54, 1.807) is 12.1 Å². The second-order valence-electron chi connectivity index (χ2n) is 5.42. The normalized spacial score (nSPS) is 10.2. The number of carbonyl (C=O) groups excluding carboxylic acids is 2. The SMILES string of the molecule is CCc1ccc(NC(=O)COC(=O)c2cccc(C)c2C)cc1. The lowest BCUT2D eigenvalue weighted by Gasteiger charge is -2.09. The van der Waals surface area contributed by atoms with Crippen LogP contribution in [0.2, 0.25) is 0 Å². The highest BCUT2D eigenvalue weighted by atomic mass is 16.5. The molecule has 0 saturated carbocycles. The first-order chi connectivity index (χ1) is 11.0. The number of benzene rings is 2. The number of ether oxygens (including phenoxy) is 1. The van der Waals surface area contributed by atoms with Crippen LogP contribution in [0, 0.1) is 13.8 Å². The van der Waals surface area contributed by atoms with Crippen molar-refractivity contribution in [2.24, 2.45) is 0 Å². The molecule has 0 bridgehead atoms. The maximum Gasteiger partial charge on any atom is 0.338 e. The number of carbonyl (C=O) groups is 2. The van der Waals surface area contributed by atoms with Crippen LogP contribution in [0.5, 0.6) is 0 Å². The number of nitrogens with one attached hydrogen (secondary N) is 1. The van der Waals surface area contributed by atoms with Crippen molar-refractivity contribution in [3.8, 4) is 0 Å². The molecule has 0 aliphatic rings. The van der Waals surface area contributed by atoms with Gasteiger partial charge in [-0.3, -0.25) is 4.79 Å². The van der Waals surface area contributed by atoms with Crippen LogP contribution in [0.15, 0.2) is 42.5 Å². The molecule has 1 amide bonds. The van der Waals surface area contributed by atoms with Gasteiger partial charge in [0.2, 0.25) is 0 Å². The molecule has 23 heavy (non-hydrogen) atoms. The molecular formula is C19H21NO3. The summed E-state index contributed by atoms with van der Waals surface area (Å²) in [5, 5.41) is 2.71. The van der Waals surface area contributed by atoms with E-state index in [0.717, 1.165) is 17.5 Å². The Morgan fingerprint density at radius 3 is 2.39 bits per heavy atom. The van der Waals surface area contributed by atoms with E-state index in [2.05, 4.69) is 12.2 Å². The number of amides is 1. The first kappa shape index (κ1) is 16.7. The van der Waals surface area contributed by atoms with Crippen molar-refractivity contribution in [3.63, 3.8) is 0 Å². The van der Waals surface area contributed by atoms with Crippen LogP contribution in [0.3, 0.4) is 0 Å². The van der Waals surface area contributed by atoms with Gasteiger partial charge in [-0.2, -0.15) is 0 Å². The van der Waals surface area contributed by atoms with Gasteiger partial charge in [0.15, 0.2) is 6.61 Å². The first-order valence-corrected chi connectivity index (χ1v) is 7.63. The summed E-state index contributed by atoms with van der Waals surface area (Å²) in [6.07, 6.45) is 0.946. The lowest BCUT2D eigenvalue weighted by atomic mass is 10.0.